The normalized spacial score (nSPS) is 26.1. The topological polar surface area (TPSA) is 97.5 Å². The summed E-state index contributed by atoms with van der Waals surface area (Å²) in [6, 6.07) is 12.9. The van der Waals surface area contributed by atoms with Gasteiger partial charge in [0.1, 0.15) is 11.2 Å². The molecule has 0 heterocycles. The summed E-state index contributed by atoms with van der Waals surface area (Å²) in [6.45, 7) is -0.318. The lowest BCUT2D eigenvalue weighted by Gasteiger charge is -2.10. The van der Waals surface area contributed by atoms with Crippen LogP contribution in [-0.4, -0.2) is 31.3 Å². The largest absolute Gasteiger partial charge is 0.481 e. The molecule has 1 saturated carbocycles. The Morgan fingerprint density at radius 2 is 1.71 bits per heavy atom. The van der Waals surface area contributed by atoms with Crippen molar-refractivity contribution in [3.63, 3.8) is 0 Å². The van der Waals surface area contributed by atoms with Crippen molar-refractivity contribution in [3.05, 3.63) is 66.0 Å². The van der Waals surface area contributed by atoms with Gasteiger partial charge in [0.15, 0.2) is 9.84 Å². The van der Waals surface area contributed by atoms with E-state index in [2.05, 4.69) is 0 Å². The molecule has 0 bridgehead atoms. The van der Waals surface area contributed by atoms with Gasteiger partial charge in [0.25, 0.3) is 0 Å². The number of aliphatic carboxylic acids is 1. The number of carboxylic acid groups (broad SMARTS) is 1. The molecular formula is C17H16FNO4S. The Bertz CT molecular complexity index is 867. The van der Waals surface area contributed by atoms with Gasteiger partial charge in [-0.2, -0.15) is 0 Å². The maximum atomic E-state index is 13.1. The summed E-state index contributed by atoms with van der Waals surface area (Å²) in [5.74, 6) is -2.55. The molecule has 3 atom stereocenters. The molecule has 1 fully saturated rings. The van der Waals surface area contributed by atoms with Gasteiger partial charge in [-0.15, -0.1) is 0 Å². The van der Waals surface area contributed by atoms with E-state index in [1.807, 2.05) is 0 Å². The van der Waals surface area contributed by atoms with Gasteiger partial charge < -0.3 is 10.8 Å². The fourth-order valence-electron chi connectivity index (χ4n) is 3.35. The van der Waals surface area contributed by atoms with Crippen LogP contribution in [0.15, 0.2) is 59.5 Å². The maximum Gasteiger partial charge on any atom is 0.312 e. The molecule has 0 radical (unpaired) electrons. The van der Waals surface area contributed by atoms with E-state index in [1.165, 1.54) is 36.4 Å². The van der Waals surface area contributed by atoms with Crippen molar-refractivity contribution < 1.29 is 22.7 Å². The highest BCUT2D eigenvalue weighted by Crippen LogP contribution is 2.63. The van der Waals surface area contributed by atoms with Crippen LogP contribution < -0.4 is 5.73 Å². The van der Waals surface area contributed by atoms with Gasteiger partial charge in [-0.1, -0.05) is 30.3 Å². The van der Waals surface area contributed by atoms with Crippen LogP contribution in [0.4, 0.5) is 4.39 Å². The molecule has 0 saturated heterocycles. The second-order valence-corrected chi connectivity index (χ2v) is 7.93. The van der Waals surface area contributed by atoms with Crippen LogP contribution >= 0.6 is 0 Å². The van der Waals surface area contributed by atoms with Gasteiger partial charge in [0, 0.05) is 12.5 Å². The van der Waals surface area contributed by atoms with E-state index in [0.29, 0.717) is 5.56 Å². The third kappa shape index (κ3) is 2.32. The van der Waals surface area contributed by atoms with Crippen LogP contribution in [-0.2, 0) is 14.6 Å². The number of halogens is 1. The molecule has 5 nitrogen and oxygen atoms in total. The number of carboxylic acids is 1. The number of hydrogen-bond donors (Lipinski definition) is 2. The fourth-order valence-corrected chi connectivity index (χ4v) is 5.75. The van der Waals surface area contributed by atoms with Crippen molar-refractivity contribution in [1.82, 2.24) is 0 Å². The van der Waals surface area contributed by atoms with Crippen LogP contribution in [0.2, 0.25) is 0 Å². The molecule has 1 aliphatic rings. The molecule has 0 aromatic heterocycles. The summed E-state index contributed by atoms with van der Waals surface area (Å²) < 4.78 is 39.0. The molecule has 2 aromatic rings. The molecular weight excluding hydrogens is 333 g/mol. The lowest BCUT2D eigenvalue weighted by molar-refractivity contribution is -0.143. The Morgan fingerprint density at radius 1 is 1.12 bits per heavy atom. The lowest BCUT2D eigenvalue weighted by atomic mass is 9.99. The van der Waals surface area contributed by atoms with E-state index in [9.17, 15) is 22.7 Å². The minimum Gasteiger partial charge on any atom is -0.481 e. The van der Waals surface area contributed by atoms with E-state index < -0.39 is 38.2 Å². The molecule has 0 aliphatic heterocycles. The number of nitrogens with two attached hydrogens (primary N) is 1. The van der Waals surface area contributed by atoms with Crippen molar-refractivity contribution in [1.29, 1.82) is 0 Å². The SMILES string of the molecule is NC[C@@]1(C(=O)O)[C@H](S(=O)(=O)c2ccccc2)[C@@H]1c1ccc(F)cc1. The maximum absolute atomic E-state index is 13.1. The van der Waals surface area contributed by atoms with Crippen LogP contribution in [0.25, 0.3) is 0 Å². The summed E-state index contributed by atoms with van der Waals surface area (Å²) in [5.41, 5.74) is 4.52. The number of benzene rings is 2. The smallest absolute Gasteiger partial charge is 0.312 e. The van der Waals surface area contributed by atoms with Crippen LogP contribution in [0.5, 0.6) is 0 Å². The van der Waals surface area contributed by atoms with E-state index in [0.717, 1.165) is 0 Å². The third-order valence-electron chi connectivity index (χ3n) is 4.63. The Morgan fingerprint density at radius 3 is 2.21 bits per heavy atom. The molecule has 0 amide bonds. The highest BCUT2D eigenvalue weighted by molar-refractivity contribution is 7.92. The van der Waals surface area contributed by atoms with Gasteiger partial charge in [-0.3, -0.25) is 4.79 Å². The summed E-state index contributed by atoms with van der Waals surface area (Å²) in [6.07, 6.45) is 0. The van der Waals surface area contributed by atoms with Crippen molar-refractivity contribution in [3.8, 4) is 0 Å². The summed E-state index contributed by atoms with van der Waals surface area (Å²) in [5, 5.41) is 8.47. The van der Waals surface area contributed by atoms with Crippen LogP contribution in [0, 0.1) is 11.2 Å². The molecule has 2 aromatic carbocycles. The molecule has 3 N–H and O–H groups in total. The first-order chi connectivity index (χ1) is 11.4. The zero-order valence-corrected chi connectivity index (χ0v) is 13.4. The summed E-state index contributed by atoms with van der Waals surface area (Å²) in [7, 11) is -3.89. The van der Waals surface area contributed by atoms with E-state index >= 15 is 0 Å². The average molecular weight is 349 g/mol. The van der Waals surface area contributed by atoms with Gasteiger partial charge in [0.2, 0.25) is 0 Å². The molecule has 1 aliphatic carbocycles. The van der Waals surface area contributed by atoms with Crippen molar-refractivity contribution >= 4 is 15.8 Å². The molecule has 0 spiro atoms. The van der Waals surface area contributed by atoms with Gasteiger partial charge in [-0.25, -0.2) is 12.8 Å². The predicted molar refractivity (Wildman–Crippen MR) is 85.7 cm³/mol. The minimum atomic E-state index is -3.89. The quantitative estimate of drug-likeness (QED) is 0.858. The average Bonchev–Trinajstić information content (AvgIpc) is 3.28. The number of rotatable bonds is 5. The molecule has 0 unspecified atom stereocenters. The van der Waals surface area contributed by atoms with Gasteiger partial charge in [0.05, 0.1) is 10.1 Å². The minimum absolute atomic E-state index is 0.0543. The van der Waals surface area contributed by atoms with Crippen molar-refractivity contribution in [2.45, 2.75) is 16.1 Å². The lowest BCUT2D eigenvalue weighted by Crippen LogP contribution is -2.31. The summed E-state index contributed by atoms with van der Waals surface area (Å²) in [4.78, 5) is 11.9. The van der Waals surface area contributed by atoms with Crippen LogP contribution in [0.1, 0.15) is 11.5 Å². The second-order valence-electron chi connectivity index (χ2n) is 5.86. The standard InChI is InChI=1S/C17H16FNO4S/c18-12-8-6-11(7-9-12)14-15(17(14,10-19)16(20)21)24(22,23)13-4-2-1-3-5-13/h1-9,14-15H,10,19H2,(H,20,21)/t14-,15+,17-/m0/s1. The molecule has 7 heteroatoms. The first-order valence-corrected chi connectivity index (χ1v) is 8.88. The third-order valence-corrected chi connectivity index (χ3v) is 6.92. The molecule has 126 valence electrons. The fraction of sp³-hybridized carbons (Fsp3) is 0.235. The van der Waals surface area contributed by atoms with Gasteiger partial charge >= 0.3 is 5.97 Å². The number of carbonyl (C=O) groups is 1. The monoisotopic (exact) mass is 349 g/mol. The Kier molecular flexibility index (Phi) is 3.93. The first-order valence-electron chi connectivity index (χ1n) is 7.33. The second kappa shape index (κ2) is 5.68. The zero-order chi connectivity index (χ0) is 17.5. The van der Waals surface area contributed by atoms with E-state index in [-0.39, 0.29) is 11.4 Å². The Hall–Kier alpha value is -2.25. The van der Waals surface area contributed by atoms with Crippen molar-refractivity contribution in [2.24, 2.45) is 11.1 Å². The molecule has 3 rings (SSSR count). The van der Waals surface area contributed by atoms with E-state index in [1.54, 1.807) is 18.2 Å². The predicted octanol–water partition coefficient (Wildman–Crippen LogP) is 1.80. The first kappa shape index (κ1) is 16.6. The van der Waals surface area contributed by atoms with Crippen molar-refractivity contribution in [2.75, 3.05) is 6.54 Å². The molecule has 24 heavy (non-hydrogen) atoms. The van der Waals surface area contributed by atoms with E-state index in [4.69, 9.17) is 5.73 Å². The van der Waals surface area contributed by atoms with Crippen LogP contribution in [0.3, 0.4) is 0 Å². The highest BCUT2D eigenvalue weighted by atomic mass is 32.2. The highest BCUT2D eigenvalue weighted by Gasteiger charge is 2.75. The Labute approximate surface area is 138 Å². The Balaban J connectivity index is 2.11. The summed E-state index contributed by atoms with van der Waals surface area (Å²) >= 11 is 0. The number of sulfone groups is 1. The number of hydrogen-bond acceptors (Lipinski definition) is 4. The van der Waals surface area contributed by atoms with Gasteiger partial charge in [-0.05, 0) is 29.8 Å². The zero-order valence-electron chi connectivity index (χ0n) is 12.6.